The first-order valence-electron chi connectivity index (χ1n) is 12.3. The van der Waals surface area contributed by atoms with E-state index in [4.69, 9.17) is 0 Å². The number of benzene rings is 2. The molecule has 1 aromatic heterocycles. The SMILES string of the molecule is Cc1cccc(N2CCN(C(=O)Cn3nnc(-c4ccc(NC(=O)C5CCC5)cc4)n3)CC2)c1C. The van der Waals surface area contributed by atoms with Crippen molar-refractivity contribution in [3.8, 4) is 11.4 Å². The van der Waals surface area contributed by atoms with Gasteiger partial charge < -0.3 is 15.1 Å². The Morgan fingerprint density at radius 3 is 2.43 bits per heavy atom. The Labute approximate surface area is 205 Å². The second kappa shape index (κ2) is 9.85. The molecule has 3 aromatic rings. The Hall–Kier alpha value is -3.75. The fraction of sp³-hybridized carbons (Fsp3) is 0.423. The molecular weight excluding hydrogens is 442 g/mol. The van der Waals surface area contributed by atoms with Gasteiger partial charge in [-0.3, -0.25) is 9.59 Å². The largest absolute Gasteiger partial charge is 0.368 e. The number of rotatable bonds is 6. The summed E-state index contributed by atoms with van der Waals surface area (Å²) in [5.74, 6) is 0.669. The molecule has 5 rings (SSSR count). The molecule has 0 bridgehead atoms. The number of hydrogen-bond acceptors (Lipinski definition) is 6. The average Bonchev–Trinajstić information content (AvgIpc) is 3.29. The monoisotopic (exact) mass is 473 g/mol. The first-order chi connectivity index (χ1) is 17.0. The molecule has 2 heterocycles. The van der Waals surface area contributed by atoms with Gasteiger partial charge in [0.15, 0.2) is 0 Å². The van der Waals surface area contributed by atoms with Gasteiger partial charge in [-0.05, 0) is 73.4 Å². The van der Waals surface area contributed by atoms with Gasteiger partial charge >= 0.3 is 0 Å². The molecule has 9 nitrogen and oxygen atoms in total. The minimum atomic E-state index is -0.0105. The maximum absolute atomic E-state index is 12.8. The van der Waals surface area contributed by atoms with Crippen molar-refractivity contribution in [3.63, 3.8) is 0 Å². The van der Waals surface area contributed by atoms with Crippen LogP contribution in [0.5, 0.6) is 0 Å². The highest BCUT2D eigenvalue weighted by atomic mass is 16.2. The Morgan fingerprint density at radius 1 is 1.00 bits per heavy atom. The van der Waals surface area contributed by atoms with E-state index in [9.17, 15) is 9.59 Å². The van der Waals surface area contributed by atoms with Crippen LogP contribution in [0.15, 0.2) is 42.5 Å². The number of piperazine rings is 1. The summed E-state index contributed by atoms with van der Waals surface area (Å²) in [6.45, 7) is 7.27. The van der Waals surface area contributed by atoms with Gasteiger partial charge in [-0.25, -0.2) is 0 Å². The van der Waals surface area contributed by atoms with Gasteiger partial charge in [0, 0.05) is 49.0 Å². The predicted octanol–water partition coefficient (Wildman–Crippen LogP) is 3.04. The normalized spacial score (nSPS) is 16.2. The van der Waals surface area contributed by atoms with Crippen LogP contribution in [0, 0.1) is 19.8 Å². The lowest BCUT2D eigenvalue weighted by molar-refractivity contribution is -0.132. The van der Waals surface area contributed by atoms with Crippen LogP contribution in [-0.2, 0) is 16.1 Å². The van der Waals surface area contributed by atoms with Gasteiger partial charge in [0.1, 0.15) is 6.54 Å². The fourth-order valence-corrected chi connectivity index (χ4v) is 4.54. The van der Waals surface area contributed by atoms with Crippen molar-refractivity contribution in [2.45, 2.75) is 39.7 Å². The molecular formula is C26H31N7O2. The highest BCUT2D eigenvalue weighted by molar-refractivity contribution is 5.93. The van der Waals surface area contributed by atoms with Crippen LogP contribution >= 0.6 is 0 Å². The highest BCUT2D eigenvalue weighted by Crippen LogP contribution is 2.28. The number of aromatic nitrogens is 4. The molecule has 1 aliphatic heterocycles. The minimum Gasteiger partial charge on any atom is -0.368 e. The number of amides is 2. The molecule has 182 valence electrons. The molecule has 0 atom stereocenters. The van der Waals surface area contributed by atoms with Gasteiger partial charge in [0.2, 0.25) is 17.6 Å². The van der Waals surface area contributed by atoms with Crippen LogP contribution in [-0.4, -0.2) is 63.1 Å². The van der Waals surface area contributed by atoms with E-state index in [1.807, 2.05) is 29.2 Å². The van der Waals surface area contributed by atoms with E-state index in [0.717, 1.165) is 43.6 Å². The second-order valence-electron chi connectivity index (χ2n) is 9.42. The number of carbonyl (C=O) groups excluding carboxylic acids is 2. The van der Waals surface area contributed by atoms with Gasteiger partial charge in [0.05, 0.1) is 0 Å². The number of tetrazole rings is 1. The molecule has 9 heteroatoms. The Morgan fingerprint density at radius 2 is 1.74 bits per heavy atom. The Kier molecular flexibility index (Phi) is 6.48. The van der Waals surface area contributed by atoms with Crippen LogP contribution in [0.25, 0.3) is 11.4 Å². The minimum absolute atomic E-state index is 0.0105. The third-order valence-electron chi connectivity index (χ3n) is 7.17. The summed E-state index contributed by atoms with van der Waals surface area (Å²) in [4.78, 5) is 30.5. The smallest absolute Gasteiger partial charge is 0.246 e. The number of anilines is 2. The third-order valence-corrected chi connectivity index (χ3v) is 7.17. The summed E-state index contributed by atoms with van der Waals surface area (Å²) in [5, 5.41) is 15.5. The van der Waals surface area contributed by atoms with E-state index in [1.54, 1.807) is 0 Å². The fourth-order valence-electron chi connectivity index (χ4n) is 4.54. The van der Waals surface area contributed by atoms with Gasteiger partial charge in [-0.1, -0.05) is 18.6 Å². The van der Waals surface area contributed by atoms with E-state index >= 15 is 0 Å². The van der Waals surface area contributed by atoms with Crippen molar-refractivity contribution in [2.75, 3.05) is 36.4 Å². The molecule has 2 aliphatic rings. The van der Waals surface area contributed by atoms with Crippen LogP contribution in [0.3, 0.4) is 0 Å². The van der Waals surface area contributed by atoms with Crippen molar-refractivity contribution < 1.29 is 9.59 Å². The molecule has 1 saturated carbocycles. The molecule has 2 aromatic carbocycles. The van der Waals surface area contributed by atoms with Crippen LogP contribution in [0.1, 0.15) is 30.4 Å². The molecule has 0 unspecified atom stereocenters. The molecule has 1 aliphatic carbocycles. The number of carbonyl (C=O) groups is 2. The van der Waals surface area contributed by atoms with Crippen molar-refractivity contribution in [2.24, 2.45) is 5.92 Å². The lowest BCUT2D eigenvalue weighted by atomic mass is 9.85. The zero-order chi connectivity index (χ0) is 24.4. The van der Waals surface area contributed by atoms with E-state index in [-0.39, 0.29) is 24.3 Å². The zero-order valence-corrected chi connectivity index (χ0v) is 20.3. The summed E-state index contributed by atoms with van der Waals surface area (Å²) in [6, 6.07) is 13.7. The van der Waals surface area contributed by atoms with Crippen LogP contribution in [0.4, 0.5) is 11.4 Å². The van der Waals surface area contributed by atoms with Crippen molar-refractivity contribution >= 4 is 23.2 Å². The topological polar surface area (TPSA) is 96.3 Å². The summed E-state index contributed by atoms with van der Waals surface area (Å²) < 4.78 is 0. The van der Waals surface area contributed by atoms with Crippen LogP contribution in [0.2, 0.25) is 0 Å². The highest BCUT2D eigenvalue weighted by Gasteiger charge is 2.25. The molecule has 35 heavy (non-hydrogen) atoms. The average molecular weight is 474 g/mol. The molecule has 0 radical (unpaired) electrons. The van der Waals surface area contributed by atoms with E-state index < -0.39 is 0 Å². The molecule has 1 saturated heterocycles. The van der Waals surface area contributed by atoms with Crippen LogP contribution < -0.4 is 10.2 Å². The van der Waals surface area contributed by atoms with Crippen molar-refractivity contribution in [1.82, 2.24) is 25.1 Å². The zero-order valence-electron chi connectivity index (χ0n) is 20.3. The van der Waals surface area contributed by atoms with E-state index in [2.05, 4.69) is 57.7 Å². The van der Waals surface area contributed by atoms with E-state index in [0.29, 0.717) is 18.9 Å². The third kappa shape index (κ3) is 5.03. The van der Waals surface area contributed by atoms with E-state index in [1.165, 1.54) is 21.6 Å². The standard InChI is InChI=1S/C26H31N7O2/c1-18-5-3-8-23(19(18)2)31-13-15-32(16-14-31)24(34)17-33-29-25(28-30-33)20-9-11-22(12-10-20)27-26(35)21-6-4-7-21/h3,5,8-12,21H,4,6-7,13-17H2,1-2H3,(H,27,35). The Balaban J connectivity index is 1.14. The van der Waals surface area contributed by atoms with Gasteiger partial charge in [-0.15, -0.1) is 10.2 Å². The van der Waals surface area contributed by atoms with Crippen molar-refractivity contribution in [3.05, 3.63) is 53.6 Å². The molecule has 2 amide bonds. The predicted molar refractivity (Wildman–Crippen MR) is 134 cm³/mol. The first kappa shape index (κ1) is 23.0. The summed E-state index contributed by atoms with van der Waals surface area (Å²) >= 11 is 0. The first-order valence-corrected chi connectivity index (χ1v) is 12.3. The molecule has 1 N–H and O–H groups in total. The van der Waals surface area contributed by atoms with Gasteiger partial charge in [-0.2, -0.15) is 4.80 Å². The quantitative estimate of drug-likeness (QED) is 0.591. The number of nitrogens with zero attached hydrogens (tertiary/aromatic N) is 6. The molecule has 2 fully saturated rings. The summed E-state index contributed by atoms with van der Waals surface area (Å²) in [5.41, 5.74) is 5.36. The number of nitrogens with one attached hydrogen (secondary N) is 1. The van der Waals surface area contributed by atoms with Gasteiger partial charge in [0.25, 0.3) is 0 Å². The second-order valence-corrected chi connectivity index (χ2v) is 9.42. The summed E-state index contributed by atoms with van der Waals surface area (Å²) in [7, 11) is 0. The summed E-state index contributed by atoms with van der Waals surface area (Å²) in [6.07, 6.45) is 3.07. The van der Waals surface area contributed by atoms with Crippen molar-refractivity contribution in [1.29, 1.82) is 0 Å². The maximum Gasteiger partial charge on any atom is 0.246 e. The lowest BCUT2D eigenvalue weighted by Gasteiger charge is -2.37. The number of hydrogen-bond donors (Lipinski definition) is 1. The lowest BCUT2D eigenvalue weighted by Crippen LogP contribution is -2.50. The Bertz CT molecular complexity index is 1210. The molecule has 0 spiro atoms. The maximum atomic E-state index is 12.8. The number of aryl methyl sites for hydroxylation is 1.